The van der Waals surface area contributed by atoms with Crippen LogP contribution < -0.4 is 10.1 Å². The number of rotatable bonds is 3. The molecule has 154 valence electrons. The molecule has 2 unspecified atom stereocenters. The van der Waals surface area contributed by atoms with Gasteiger partial charge >= 0.3 is 6.03 Å². The number of nitrogens with one attached hydrogen (secondary N) is 1. The van der Waals surface area contributed by atoms with Gasteiger partial charge < -0.3 is 19.5 Å². The maximum absolute atomic E-state index is 13.2. The number of likely N-dealkylation sites (tertiary alicyclic amines) is 1. The van der Waals surface area contributed by atoms with E-state index in [1.165, 1.54) is 18.4 Å². The second-order valence-electron chi connectivity index (χ2n) is 8.35. The standard InChI is InChI=1S/C22H29N5O2/c28-22(23-15-16-11-14-29-19-9-2-1-7-17(16)19)26-12-5-3-8-18(26)21-25-24-20-10-4-6-13-27(20)21/h1-2,7,9,16,18H,3-6,8,10-15H2,(H,23,28). The fourth-order valence-electron chi connectivity index (χ4n) is 4.96. The van der Waals surface area contributed by atoms with Crippen molar-refractivity contribution in [2.45, 2.75) is 63.5 Å². The van der Waals surface area contributed by atoms with E-state index in [-0.39, 0.29) is 12.1 Å². The third kappa shape index (κ3) is 3.58. The van der Waals surface area contributed by atoms with Crippen molar-refractivity contribution in [3.05, 3.63) is 41.5 Å². The zero-order valence-corrected chi connectivity index (χ0v) is 16.8. The van der Waals surface area contributed by atoms with Gasteiger partial charge in [-0.15, -0.1) is 10.2 Å². The largest absolute Gasteiger partial charge is 0.493 e. The van der Waals surface area contributed by atoms with Crippen LogP contribution in [0.3, 0.4) is 0 Å². The van der Waals surface area contributed by atoms with Crippen LogP contribution in [-0.4, -0.2) is 45.4 Å². The van der Waals surface area contributed by atoms with Gasteiger partial charge in [-0.05, 0) is 50.2 Å². The van der Waals surface area contributed by atoms with Crippen molar-refractivity contribution in [1.29, 1.82) is 0 Å². The first kappa shape index (κ1) is 18.5. The summed E-state index contributed by atoms with van der Waals surface area (Å²) in [5.74, 6) is 3.30. The zero-order valence-electron chi connectivity index (χ0n) is 16.8. The minimum atomic E-state index is 0.0202. The normalized spacial score (nSPS) is 23.7. The highest BCUT2D eigenvalue weighted by Gasteiger charge is 2.33. The molecule has 29 heavy (non-hydrogen) atoms. The first-order valence-corrected chi connectivity index (χ1v) is 11.0. The number of carbonyl (C=O) groups is 1. The molecule has 0 spiro atoms. The number of benzene rings is 1. The van der Waals surface area contributed by atoms with Gasteiger partial charge in [0, 0.05) is 32.0 Å². The highest BCUT2D eigenvalue weighted by atomic mass is 16.5. The summed E-state index contributed by atoms with van der Waals surface area (Å²) in [6, 6.07) is 8.21. The number of carbonyl (C=O) groups excluding carboxylic acids is 1. The van der Waals surface area contributed by atoms with Crippen molar-refractivity contribution >= 4 is 6.03 Å². The Morgan fingerprint density at radius 3 is 2.97 bits per heavy atom. The molecule has 7 heteroatoms. The van der Waals surface area contributed by atoms with Crippen LogP contribution >= 0.6 is 0 Å². The van der Waals surface area contributed by atoms with E-state index in [0.717, 1.165) is 62.6 Å². The molecule has 0 radical (unpaired) electrons. The van der Waals surface area contributed by atoms with Crippen LogP contribution in [0.5, 0.6) is 5.75 Å². The molecule has 7 nitrogen and oxygen atoms in total. The molecule has 0 bridgehead atoms. The van der Waals surface area contributed by atoms with Crippen molar-refractivity contribution in [1.82, 2.24) is 25.0 Å². The van der Waals surface area contributed by atoms with Gasteiger partial charge in [0.25, 0.3) is 0 Å². The summed E-state index contributed by atoms with van der Waals surface area (Å²) in [5, 5.41) is 12.1. The number of amides is 2. The Labute approximate surface area is 171 Å². The Kier molecular flexibility index (Phi) is 5.12. The summed E-state index contributed by atoms with van der Waals surface area (Å²) in [4.78, 5) is 15.1. The van der Waals surface area contributed by atoms with Crippen LogP contribution in [0.4, 0.5) is 4.79 Å². The number of nitrogens with zero attached hydrogens (tertiary/aromatic N) is 4. The van der Waals surface area contributed by atoms with Crippen molar-refractivity contribution in [2.75, 3.05) is 19.7 Å². The Bertz CT molecular complexity index is 880. The number of urea groups is 1. The number of piperidine rings is 1. The van der Waals surface area contributed by atoms with E-state index in [2.05, 4.69) is 26.1 Å². The van der Waals surface area contributed by atoms with Crippen molar-refractivity contribution in [3.63, 3.8) is 0 Å². The molecule has 5 rings (SSSR count). The molecule has 2 atom stereocenters. The molecule has 0 saturated carbocycles. The van der Waals surface area contributed by atoms with E-state index >= 15 is 0 Å². The zero-order chi connectivity index (χ0) is 19.6. The molecule has 3 aliphatic rings. The SMILES string of the molecule is O=C(NCC1CCOc2ccccc21)N1CCCCC1c1nnc2n1CCCC2. The molecule has 1 aromatic heterocycles. The summed E-state index contributed by atoms with van der Waals surface area (Å²) >= 11 is 0. The van der Waals surface area contributed by atoms with Crippen LogP contribution in [0.1, 0.15) is 67.7 Å². The van der Waals surface area contributed by atoms with Gasteiger partial charge in [-0.25, -0.2) is 4.79 Å². The fraction of sp³-hybridized carbons (Fsp3) is 0.591. The first-order valence-electron chi connectivity index (χ1n) is 11.0. The monoisotopic (exact) mass is 395 g/mol. The highest BCUT2D eigenvalue weighted by molar-refractivity contribution is 5.75. The number of ether oxygens (including phenoxy) is 1. The van der Waals surface area contributed by atoms with Crippen molar-refractivity contribution in [3.8, 4) is 5.75 Å². The van der Waals surface area contributed by atoms with Gasteiger partial charge in [0.05, 0.1) is 12.6 Å². The molecule has 1 saturated heterocycles. The number of hydrogen-bond acceptors (Lipinski definition) is 4. The van der Waals surface area contributed by atoms with Crippen LogP contribution in [0.15, 0.2) is 24.3 Å². The van der Waals surface area contributed by atoms with E-state index in [0.29, 0.717) is 19.1 Å². The molecule has 2 aromatic rings. The topological polar surface area (TPSA) is 72.3 Å². The first-order chi connectivity index (χ1) is 14.3. The van der Waals surface area contributed by atoms with E-state index in [9.17, 15) is 4.79 Å². The summed E-state index contributed by atoms with van der Waals surface area (Å²) in [6.45, 7) is 3.10. The number of hydrogen-bond donors (Lipinski definition) is 1. The molecule has 1 fully saturated rings. The second-order valence-corrected chi connectivity index (χ2v) is 8.35. The quantitative estimate of drug-likeness (QED) is 0.864. The van der Waals surface area contributed by atoms with Crippen LogP contribution in [0.25, 0.3) is 0 Å². The van der Waals surface area contributed by atoms with E-state index in [1.54, 1.807) is 0 Å². The average molecular weight is 396 g/mol. The number of fused-ring (bicyclic) bond motifs is 2. The summed E-state index contributed by atoms with van der Waals surface area (Å²) in [5.41, 5.74) is 1.20. The van der Waals surface area contributed by atoms with Crippen LogP contribution in [-0.2, 0) is 13.0 Å². The highest BCUT2D eigenvalue weighted by Crippen LogP contribution is 2.34. The lowest BCUT2D eigenvalue weighted by molar-refractivity contribution is 0.143. The molecule has 4 heterocycles. The minimum Gasteiger partial charge on any atom is -0.493 e. The molecule has 2 amide bonds. The molecule has 1 aromatic carbocycles. The summed E-state index contributed by atoms with van der Waals surface area (Å²) in [6.07, 6.45) is 7.41. The predicted molar refractivity (Wildman–Crippen MR) is 109 cm³/mol. The molecular weight excluding hydrogens is 366 g/mol. The van der Waals surface area contributed by atoms with Gasteiger partial charge in [0.1, 0.15) is 11.6 Å². The number of aromatic nitrogens is 3. The maximum Gasteiger partial charge on any atom is 0.318 e. The Morgan fingerprint density at radius 2 is 2.00 bits per heavy atom. The third-order valence-electron chi connectivity index (χ3n) is 6.53. The van der Waals surface area contributed by atoms with Gasteiger partial charge in [0.2, 0.25) is 0 Å². The van der Waals surface area contributed by atoms with Crippen molar-refractivity contribution < 1.29 is 9.53 Å². The van der Waals surface area contributed by atoms with E-state index < -0.39 is 0 Å². The third-order valence-corrected chi connectivity index (χ3v) is 6.53. The van der Waals surface area contributed by atoms with E-state index in [1.807, 2.05) is 23.1 Å². The predicted octanol–water partition coefficient (Wildman–Crippen LogP) is 3.42. The molecule has 3 aliphatic heterocycles. The lowest BCUT2D eigenvalue weighted by Gasteiger charge is -2.36. The van der Waals surface area contributed by atoms with Crippen LogP contribution in [0.2, 0.25) is 0 Å². The van der Waals surface area contributed by atoms with Crippen molar-refractivity contribution in [2.24, 2.45) is 0 Å². The van der Waals surface area contributed by atoms with E-state index in [4.69, 9.17) is 4.74 Å². The Morgan fingerprint density at radius 1 is 1.10 bits per heavy atom. The van der Waals surface area contributed by atoms with Gasteiger partial charge in [-0.3, -0.25) is 0 Å². The Hall–Kier alpha value is -2.57. The average Bonchev–Trinajstić information content (AvgIpc) is 3.21. The van der Waals surface area contributed by atoms with Gasteiger partial charge in [-0.1, -0.05) is 18.2 Å². The summed E-state index contributed by atoms with van der Waals surface area (Å²) in [7, 11) is 0. The van der Waals surface area contributed by atoms with Crippen LogP contribution in [0, 0.1) is 0 Å². The molecule has 0 aliphatic carbocycles. The second kappa shape index (κ2) is 8.05. The van der Waals surface area contributed by atoms with Gasteiger partial charge in [0.15, 0.2) is 5.82 Å². The molecule has 1 N–H and O–H groups in total. The fourth-order valence-corrected chi connectivity index (χ4v) is 4.96. The lowest BCUT2D eigenvalue weighted by atomic mass is 9.93. The Balaban J connectivity index is 1.29. The summed E-state index contributed by atoms with van der Waals surface area (Å²) < 4.78 is 8.01. The molecular formula is C22H29N5O2. The lowest BCUT2D eigenvalue weighted by Crippen LogP contribution is -2.46. The maximum atomic E-state index is 13.2. The van der Waals surface area contributed by atoms with Gasteiger partial charge in [-0.2, -0.15) is 0 Å². The number of aryl methyl sites for hydroxylation is 1. The number of para-hydroxylation sites is 1. The minimum absolute atomic E-state index is 0.0202. The smallest absolute Gasteiger partial charge is 0.318 e.